The molecule has 2 fully saturated rings. The fourth-order valence-electron chi connectivity index (χ4n) is 4.48. The van der Waals surface area contributed by atoms with Gasteiger partial charge >= 0.3 is 0 Å². The van der Waals surface area contributed by atoms with E-state index in [0.29, 0.717) is 28.9 Å². The van der Waals surface area contributed by atoms with Gasteiger partial charge in [-0.15, -0.1) is 0 Å². The summed E-state index contributed by atoms with van der Waals surface area (Å²) in [6.45, 7) is 8.32. The van der Waals surface area contributed by atoms with E-state index in [4.69, 9.17) is 28.2 Å². The maximum atomic E-state index is 12.4. The molecular formula is C26H33Cl2N5O. The van der Waals surface area contributed by atoms with Crippen molar-refractivity contribution in [2.24, 2.45) is 4.99 Å². The van der Waals surface area contributed by atoms with Gasteiger partial charge in [0.25, 0.3) is 0 Å². The maximum Gasteiger partial charge on any atom is 0.224 e. The van der Waals surface area contributed by atoms with Crippen LogP contribution in [0.15, 0.2) is 47.5 Å². The first kappa shape index (κ1) is 25.0. The first-order valence-corrected chi connectivity index (χ1v) is 12.8. The largest absolute Gasteiger partial charge is 0.356 e. The SMILES string of the molecule is C[C@H]1CN(C(CN2CCCC2)=Nc2ccc(NC(=O)CCc3ccc(Cl)cc3Cl)cc2)CCN1. The minimum absolute atomic E-state index is 0.0493. The fourth-order valence-corrected chi connectivity index (χ4v) is 4.98. The number of likely N-dealkylation sites (tertiary alicyclic amines) is 1. The van der Waals surface area contributed by atoms with E-state index in [9.17, 15) is 4.79 Å². The summed E-state index contributed by atoms with van der Waals surface area (Å²) in [5.74, 6) is 1.08. The van der Waals surface area contributed by atoms with Gasteiger partial charge < -0.3 is 15.5 Å². The van der Waals surface area contributed by atoms with Crippen LogP contribution in [0, 0.1) is 0 Å². The van der Waals surface area contributed by atoms with Crippen molar-refractivity contribution in [3.63, 3.8) is 0 Å². The number of carbonyl (C=O) groups excluding carboxylic acids is 1. The third-order valence-corrected chi connectivity index (χ3v) is 6.93. The Labute approximate surface area is 212 Å². The van der Waals surface area contributed by atoms with Crippen LogP contribution in [0.4, 0.5) is 11.4 Å². The lowest BCUT2D eigenvalue weighted by Crippen LogP contribution is -2.53. The van der Waals surface area contributed by atoms with Gasteiger partial charge in [-0.25, -0.2) is 4.99 Å². The number of nitrogens with zero attached hydrogens (tertiary/aromatic N) is 3. The minimum atomic E-state index is -0.0493. The Morgan fingerprint density at radius 3 is 2.59 bits per heavy atom. The highest BCUT2D eigenvalue weighted by molar-refractivity contribution is 6.35. The summed E-state index contributed by atoms with van der Waals surface area (Å²) < 4.78 is 0. The summed E-state index contributed by atoms with van der Waals surface area (Å²) in [7, 11) is 0. The van der Waals surface area contributed by atoms with Crippen LogP contribution in [0.5, 0.6) is 0 Å². The first-order chi connectivity index (χ1) is 16.5. The molecule has 182 valence electrons. The van der Waals surface area contributed by atoms with Crippen LogP contribution in [0.25, 0.3) is 0 Å². The summed E-state index contributed by atoms with van der Waals surface area (Å²) in [6, 6.07) is 13.6. The predicted octanol–water partition coefficient (Wildman–Crippen LogP) is 4.98. The normalized spacial score (nSPS) is 19.4. The van der Waals surface area contributed by atoms with Gasteiger partial charge in [0.05, 0.1) is 12.2 Å². The number of amidine groups is 1. The zero-order valence-electron chi connectivity index (χ0n) is 19.7. The molecule has 8 heteroatoms. The third-order valence-electron chi connectivity index (χ3n) is 6.34. The maximum absolute atomic E-state index is 12.4. The fraction of sp³-hybridized carbons (Fsp3) is 0.462. The number of nitrogens with one attached hydrogen (secondary N) is 2. The summed E-state index contributed by atoms with van der Waals surface area (Å²) in [4.78, 5) is 22.4. The number of aryl methyl sites for hydroxylation is 1. The molecule has 2 aromatic rings. The van der Waals surface area contributed by atoms with Crippen LogP contribution in [0.2, 0.25) is 10.0 Å². The molecule has 0 aromatic heterocycles. The van der Waals surface area contributed by atoms with E-state index in [2.05, 4.69) is 27.4 Å². The van der Waals surface area contributed by atoms with Crippen molar-refractivity contribution >= 4 is 46.3 Å². The van der Waals surface area contributed by atoms with E-state index in [0.717, 1.165) is 62.0 Å². The average molecular weight is 502 g/mol. The van der Waals surface area contributed by atoms with Crippen LogP contribution < -0.4 is 10.6 Å². The zero-order chi connectivity index (χ0) is 23.9. The lowest BCUT2D eigenvalue weighted by Gasteiger charge is -2.35. The number of carbonyl (C=O) groups is 1. The van der Waals surface area contributed by atoms with Crippen molar-refractivity contribution in [1.29, 1.82) is 0 Å². The third kappa shape index (κ3) is 7.19. The van der Waals surface area contributed by atoms with Gasteiger partial charge in [-0.05, 0) is 81.2 Å². The second-order valence-electron chi connectivity index (χ2n) is 9.14. The van der Waals surface area contributed by atoms with Gasteiger partial charge in [-0.3, -0.25) is 9.69 Å². The molecule has 2 aliphatic rings. The van der Waals surface area contributed by atoms with Crippen LogP contribution in [-0.4, -0.2) is 66.9 Å². The highest BCUT2D eigenvalue weighted by Crippen LogP contribution is 2.23. The number of benzene rings is 2. The Bertz CT molecular complexity index is 1000. The van der Waals surface area contributed by atoms with E-state index in [1.807, 2.05) is 30.3 Å². The van der Waals surface area contributed by atoms with Crippen molar-refractivity contribution in [3.05, 3.63) is 58.1 Å². The van der Waals surface area contributed by atoms with E-state index in [-0.39, 0.29) is 5.91 Å². The molecule has 1 atom stereocenters. The molecule has 4 rings (SSSR count). The highest BCUT2D eigenvalue weighted by Gasteiger charge is 2.22. The number of hydrogen-bond donors (Lipinski definition) is 2. The number of anilines is 1. The molecule has 0 bridgehead atoms. The number of amides is 1. The van der Waals surface area contributed by atoms with Crippen molar-refractivity contribution in [2.45, 2.75) is 38.6 Å². The van der Waals surface area contributed by atoms with Gasteiger partial charge in [-0.1, -0.05) is 29.3 Å². The number of rotatable bonds is 7. The van der Waals surface area contributed by atoms with E-state index >= 15 is 0 Å². The van der Waals surface area contributed by atoms with Crippen LogP contribution in [0.3, 0.4) is 0 Å². The molecule has 0 radical (unpaired) electrons. The van der Waals surface area contributed by atoms with Crippen molar-refractivity contribution in [2.75, 3.05) is 44.6 Å². The standard InChI is InChI=1S/C26H33Cl2N5O/c1-19-17-33(15-12-29-19)25(18-32-13-2-3-14-32)30-22-7-9-23(10-8-22)31-26(34)11-5-20-4-6-21(27)16-24(20)28/h4,6-10,16,19,29H,2-3,5,11-15,17-18H2,1H3,(H,31,34)/t19-/m0/s1. The molecule has 2 heterocycles. The molecule has 6 nitrogen and oxygen atoms in total. The van der Waals surface area contributed by atoms with E-state index < -0.39 is 0 Å². The molecule has 1 amide bonds. The Hall–Kier alpha value is -2.12. The highest BCUT2D eigenvalue weighted by atomic mass is 35.5. The van der Waals surface area contributed by atoms with Gasteiger partial charge in [0.15, 0.2) is 0 Å². The van der Waals surface area contributed by atoms with Crippen molar-refractivity contribution in [1.82, 2.24) is 15.1 Å². The Balaban J connectivity index is 1.37. The van der Waals surface area contributed by atoms with Gasteiger partial charge in [0.1, 0.15) is 5.84 Å². The molecule has 2 N–H and O–H groups in total. The summed E-state index contributed by atoms with van der Waals surface area (Å²) in [6.07, 6.45) is 3.45. The van der Waals surface area contributed by atoms with Crippen molar-refractivity contribution in [3.8, 4) is 0 Å². The monoisotopic (exact) mass is 501 g/mol. The topological polar surface area (TPSA) is 60.0 Å². The number of halogens is 2. The smallest absolute Gasteiger partial charge is 0.224 e. The van der Waals surface area contributed by atoms with Crippen LogP contribution in [-0.2, 0) is 11.2 Å². The predicted molar refractivity (Wildman–Crippen MR) is 142 cm³/mol. The average Bonchev–Trinajstić information content (AvgIpc) is 3.32. The number of hydrogen-bond acceptors (Lipinski definition) is 4. The van der Waals surface area contributed by atoms with Crippen LogP contribution >= 0.6 is 23.2 Å². The molecule has 0 unspecified atom stereocenters. The summed E-state index contributed by atoms with van der Waals surface area (Å²) >= 11 is 12.2. The second kappa shape index (κ2) is 12.0. The van der Waals surface area contributed by atoms with Crippen molar-refractivity contribution < 1.29 is 4.79 Å². The van der Waals surface area contributed by atoms with E-state index in [1.165, 1.54) is 12.8 Å². The van der Waals surface area contributed by atoms with Gasteiger partial charge in [-0.2, -0.15) is 0 Å². The molecule has 0 saturated carbocycles. The van der Waals surface area contributed by atoms with E-state index in [1.54, 1.807) is 12.1 Å². The minimum Gasteiger partial charge on any atom is -0.356 e. The molecule has 0 spiro atoms. The number of piperazine rings is 1. The van der Waals surface area contributed by atoms with Gasteiger partial charge in [0.2, 0.25) is 5.91 Å². The Kier molecular flexibility index (Phi) is 8.84. The first-order valence-electron chi connectivity index (χ1n) is 12.1. The van der Waals surface area contributed by atoms with Gasteiger partial charge in [0, 0.05) is 47.8 Å². The molecular weight excluding hydrogens is 469 g/mol. The molecule has 2 aromatic carbocycles. The lowest BCUT2D eigenvalue weighted by atomic mass is 10.1. The lowest BCUT2D eigenvalue weighted by molar-refractivity contribution is -0.116. The second-order valence-corrected chi connectivity index (χ2v) is 9.99. The molecule has 2 saturated heterocycles. The summed E-state index contributed by atoms with van der Waals surface area (Å²) in [5, 5.41) is 7.66. The Morgan fingerprint density at radius 1 is 1.12 bits per heavy atom. The molecule has 2 aliphatic heterocycles. The Morgan fingerprint density at radius 2 is 1.88 bits per heavy atom. The quantitative estimate of drug-likeness (QED) is 0.414. The summed E-state index contributed by atoms with van der Waals surface area (Å²) in [5.41, 5.74) is 2.59. The molecule has 0 aliphatic carbocycles. The van der Waals surface area contributed by atoms with Crippen LogP contribution in [0.1, 0.15) is 31.7 Å². The molecule has 34 heavy (non-hydrogen) atoms. The number of aliphatic imine (C=N–C) groups is 1. The zero-order valence-corrected chi connectivity index (χ0v) is 21.2.